The van der Waals surface area contributed by atoms with Gasteiger partial charge in [0.05, 0.1) is 16.3 Å². The van der Waals surface area contributed by atoms with Crippen molar-refractivity contribution in [2.45, 2.75) is 18.8 Å². The monoisotopic (exact) mass is 416 g/mol. The molecule has 0 bridgehead atoms. The summed E-state index contributed by atoms with van der Waals surface area (Å²) in [4.78, 5) is 15.7. The third-order valence-corrected chi connectivity index (χ3v) is 5.27. The minimum Gasteiger partial charge on any atom is -0.258 e. The predicted octanol–water partition coefficient (Wildman–Crippen LogP) is 5.29. The zero-order valence-electron chi connectivity index (χ0n) is 12.2. The van der Waals surface area contributed by atoms with Gasteiger partial charge >= 0.3 is 0 Å². The number of benzene rings is 2. The van der Waals surface area contributed by atoms with E-state index >= 15 is 0 Å². The number of non-ortho nitro benzene ring substituents is 1. The molecule has 0 saturated heterocycles. The van der Waals surface area contributed by atoms with Gasteiger partial charge in [0.1, 0.15) is 0 Å². The smallest absolute Gasteiger partial charge is 0.258 e. The first-order valence-corrected chi connectivity index (χ1v) is 8.56. The highest BCUT2D eigenvalue weighted by molar-refractivity contribution is 14.1. The van der Waals surface area contributed by atoms with E-state index in [2.05, 4.69) is 22.6 Å². The van der Waals surface area contributed by atoms with E-state index in [0.29, 0.717) is 5.92 Å². The highest BCUT2D eigenvalue weighted by atomic mass is 127. The van der Waals surface area contributed by atoms with Gasteiger partial charge in [-0.1, -0.05) is 30.3 Å². The molecule has 2 aromatic carbocycles. The normalized spacial score (nSPS) is 14.1. The molecule has 0 atom stereocenters. The van der Waals surface area contributed by atoms with Gasteiger partial charge in [0.2, 0.25) is 0 Å². The van der Waals surface area contributed by atoms with Gasteiger partial charge in [-0.25, -0.2) is 0 Å². The van der Waals surface area contributed by atoms with E-state index in [9.17, 15) is 10.1 Å². The van der Waals surface area contributed by atoms with Crippen LogP contribution in [0.3, 0.4) is 0 Å². The first-order valence-electron chi connectivity index (χ1n) is 7.48. The SMILES string of the molecule is O=[N+]([O-])c1ccc2c(C3CC3)nc(-c3ccccc3)c(I)c2c1. The van der Waals surface area contributed by atoms with E-state index in [1.54, 1.807) is 12.1 Å². The molecule has 0 N–H and O–H groups in total. The van der Waals surface area contributed by atoms with Crippen molar-refractivity contribution < 1.29 is 4.92 Å². The summed E-state index contributed by atoms with van der Waals surface area (Å²) in [6, 6.07) is 15.1. The second kappa shape index (κ2) is 5.56. The molecule has 4 rings (SSSR count). The summed E-state index contributed by atoms with van der Waals surface area (Å²) in [5.41, 5.74) is 3.17. The lowest BCUT2D eigenvalue weighted by atomic mass is 10.0. The van der Waals surface area contributed by atoms with Gasteiger partial charge in [-0.3, -0.25) is 15.1 Å². The van der Waals surface area contributed by atoms with Gasteiger partial charge in [0, 0.05) is 38.0 Å². The summed E-state index contributed by atoms with van der Waals surface area (Å²) in [5, 5.41) is 13.1. The van der Waals surface area contributed by atoms with Gasteiger partial charge < -0.3 is 0 Å². The lowest BCUT2D eigenvalue weighted by molar-refractivity contribution is -0.384. The summed E-state index contributed by atoms with van der Waals surface area (Å²) < 4.78 is 0.969. The average molecular weight is 416 g/mol. The molecule has 1 aromatic heterocycles. The first kappa shape index (κ1) is 14.6. The third-order valence-electron chi connectivity index (χ3n) is 4.18. The number of rotatable bonds is 3. The van der Waals surface area contributed by atoms with Gasteiger partial charge in [-0.2, -0.15) is 0 Å². The molecule has 4 nitrogen and oxygen atoms in total. The first-order chi connectivity index (χ1) is 11.1. The number of halogens is 1. The number of pyridine rings is 1. The molecule has 0 radical (unpaired) electrons. The van der Waals surface area contributed by atoms with Crippen molar-refractivity contribution in [2.75, 3.05) is 0 Å². The number of nitro benzene ring substituents is 1. The van der Waals surface area contributed by atoms with E-state index in [1.807, 2.05) is 36.4 Å². The minimum absolute atomic E-state index is 0.127. The Bertz CT molecular complexity index is 921. The van der Waals surface area contributed by atoms with Crippen LogP contribution in [0.25, 0.3) is 22.0 Å². The van der Waals surface area contributed by atoms with Crippen molar-refractivity contribution in [3.05, 3.63) is 67.9 Å². The maximum atomic E-state index is 11.1. The Labute approximate surface area is 146 Å². The second-order valence-corrected chi connectivity index (χ2v) is 6.87. The lowest BCUT2D eigenvalue weighted by Crippen LogP contribution is -1.98. The van der Waals surface area contributed by atoms with Crippen molar-refractivity contribution >= 4 is 39.1 Å². The van der Waals surface area contributed by atoms with Crippen LogP contribution >= 0.6 is 22.6 Å². The third kappa shape index (κ3) is 2.59. The molecule has 1 saturated carbocycles. The Morgan fingerprint density at radius 3 is 2.48 bits per heavy atom. The van der Waals surface area contributed by atoms with Gasteiger partial charge in [0.25, 0.3) is 5.69 Å². The van der Waals surface area contributed by atoms with Crippen LogP contribution in [0.1, 0.15) is 24.5 Å². The molecule has 114 valence electrons. The van der Waals surface area contributed by atoms with E-state index in [0.717, 1.165) is 44.1 Å². The molecule has 3 aromatic rings. The molecule has 0 spiro atoms. The summed E-state index contributed by atoms with van der Waals surface area (Å²) in [6.45, 7) is 0. The lowest BCUT2D eigenvalue weighted by Gasteiger charge is -2.12. The van der Waals surface area contributed by atoms with Crippen molar-refractivity contribution in [3.63, 3.8) is 0 Å². The van der Waals surface area contributed by atoms with Gasteiger partial charge in [-0.05, 0) is 41.5 Å². The van der Waals surface area contributed by atoms with E-state index in [4.69, 9.17) is 4.98 Å². The summed E-state index contributed by atoms with van der Waals surface area (Å²) >= 11 is 2.26. The second-order valence-electron chi connectivity index (χ2n) is 5.79. The molecule has 0 aliphatic heterocycles. The molecule has 23 heavy (non-hydrogen) atoms. The van der Waals surface area contributed by atoms with Crippen LogP contribution < -0.4 is 0 Å². The predicted molar refractivity (Wildman–Crippen MR) is 98.5 cm³/mol. The highest BCUT2D eigenvalue weighted by Crippen LogP contribution is 2.44. The highest BCUT2D eigenvalue weighted by Gasteiger charge is 2.29. The van der Waals surface area contributed by atoms with E-state index in [1.165, 1.54) is 0 Å². The van der Waals surface area contributed by atoms with E-state index < -0.39 is 0 Å². The Hall–Kier alpha value is -2.02. The van der Waals surface area contributed by atoms with Gasteiger partial charge in [0.15, 0.2) is 0 Å². The van der Waals surface area contributed by atoms with Crippen LogP contribution in [0, 0.1) is 13.7 Å². The number of nitro groups is 1. The van der Waals surface area contributed by atoms with Crippen LogP contribution in [0.15, 0.2) is 48.5 Å². The molecule has 1 heterocycles. The fourth-order valence-electron chi connectivity index (χ4n) is 2.86. The van der Waals surface area contributed by atoms with Crippen LogP contribution in [0.4, 0.5) is 5.69 Å². The molecule has 5 heteroatoms. The van der Waals surface area contributed by atoms with Crippen LogP contribution in [-0.4, -0.2) is 9.91 Å². The molecule has 1 fully saturated rings. The quantitative estimate of drug-likeness (QED) is 0.331. The summed E-state index contributed by atoms with van der Waals surface area (Å²) in [7, 11) is 0. The fraction of sp³-hybridized carbons (Fsp3) is 0.167. The van der Waals surface area contributed by atoms with Crippen molar-refractivity contribution in [3.8, 4) is 11.3 Å². The number of nitrogens with zero attached hydrogens (tertiary/aromatic N) is 2. The van der Waals surface area contributed by atoms with Crippen molar-refractivity contribution in [2.24, 2.45) is 0 Å². The number of fused-ring (bicyclic) bond motifs is 1. The molecular weight excluding hydrogens is 403 g/mol. The maximum absolute atomic E-state index is 11.1. The number of aromatic nitrogens is 1. The Kier molecular flexibility index (Phi) is 3.52. The molecule has 0 amide bonds. The molecule has 1 aliphatic rings. The van der Waals surface area contributed by atoms with Crippen molar-refractivity contribution in [1.29, 1.82) is 0 Å². The fourth-order valence-corrected chi connectivity index (χ4v) is 3.74. The number of hydrogen-bond acceptors (Lipinski definition) is 3. The Morgan fingerprint density at radius 1 is 1.09 bits per heavy atom. The van der Waals surface area contributed by atoms with Crippen molar-refractivity contribution in [1.82, 2.24) is 4.98 Å². The van der Waals surface area contributed by atoms with Crippen LogP contribution in [-0.2, 0) is 0 Å². The zero-order valence-corrected chi connectivity index (χ0v) is 14.4. The Balaban J connectivity index is 2.04. The minimum atomic E-state index is -0.338. The topological polar surface area (TPSA) is 56.0 Å². The summed E-state index contributed by atoms with van der Waals surface area (Å²) in [5.74, 6) is 0.485. The van der Waals surface area contributed by atoms with E-state index in [-0.39, 0.29) is 10.6 Å². The largest absolute Gasteiger partial charge is 0.270 e. The van der Waals surface area contributed by atoms with Crippen LogP contribution in [0.2, 0.25) is 0 Å². The Morgan fingerprint density at radius 2 is 1.83 bits per heavy atom. The average Bonchev–Trinajstić information content (AvgIpc) is 3.40. The molecule has 1 aliphatic carbocycles. The molecular formula is C18H13IN2O2. The summed E-state index contributed by atoms with van der Waals surface area (Å²) in [6.07, 6.45) is 2.29. The standard InChI is InChI=1S/C18H13IN2O2/c19-16-15-10-13(21(22)23)8-9-14(15)17(12-6-7-12)20-18(16)11-4-2-1-3-5-11/h1-5,8-10,12H,6-7H2. The van der Waals surface area contributed by atoms with Gasteiger partial charge in [-0.15, -0.1) is 0 Å². The maximum Gasteiger partial charge on any atom is 0.270 e. The van der Waals surface area contributed by atoms with Crippen LogP contribution in [0.5, 0.6) is 0 Å². The number of hydrogen-bond donors (Lipinski definition) is 0. The molecule has 0 unspecified atom stereocenters. The zero-order chi connectivity index (χ0) is 16.0.